The van der Waals surface area contributed by atoms with Crippen LogP contribution in [0.4, 0.5) is 14.7 Å². The number of hydrogen-bond donors (Lipinski definition) is 1. The van der Waals surface area contributed by atoms with Crippen LogP contribution in [0.25, 0.3) is 5.69 Å². The number of ether oxygens (including phenoxy) is 1. The largest absolute Gasteiger partial charge is 0.487 e. The molecule has 1 aliphatic heterocycles. The Morgan fingerprint density at radius 2 is 1.81 bits per heavy atom. The van der Waals surface area contributed by atoms with Crippen molar-refractivity contribution in [2.45, 2.75) is 18.6 Å². The molecule has 1 saturated heterocycles. The fourth-order valence-electron chi connectivity index (χ4n) is 3.12. The molecule has 0 aliphatic carbocycles. The second-order valence-corrected chi connectivity index (χ2v) is 6.29. The molecule has 1 aromatic heterocycles. The lowest BCUT2D eigenvalue weighted by Crippen LogP contribution is -2.49. The monoisotopic (exact) mass is 373 g/mol. The lowest BCUT2D eigenvalue weighted by Gasteiger charge is -2.35. The van der Waals surface area contributed by atoms with E-state index in [4.69, 9.17) is 4.74 Å². The molecule has 140 valence electrons. The third-order valence-corrected chi connectivity index (χ3v) is 4.38. The van der Waals surface area contributed by atoms with E-state index in [1.54, 1.807) is 4.68 Å². The maximum absolute atomic E-state index is 13.3. The van der Waals surface area contributed by atoms with Gasteiger partial charge in [-0.25, -0.2) is 8.78 Å². The van der Waals surface area contributed by atoms with Crippen molar-refractivity contribution in [1.29, 1.82) is 0 Å². The van der Waals surface area contributed by atoms with Crippen molar-refractivity contribution in [1.82, 2.24) is 20.2 Å². The summed E-state index contributed by atoms with van der Waals surface area (Å²) >= 11 is 0. The highest BCUT2D eigenvalue weighted by Crippen LogP contribution is 2.24. The molecule has 2 aromatic carbocycles. The third kappa shape index (κ3) is 3.72. The van der Waals surface area contributed by atoms with Crippen molar-refractivity contribution >= 4 is 5.95 Å². The van der Waals surface area contributed by atoms with Crippen LogP contribution in [-0.2, 0) is 0 Å². The number of aliphatic hydroxyl groups excluding tert-OH is 1. The molecule has 0 radical (unpaired) electrons. The van der Waals surface area contributed by atoms with Crippen LogP contribution in [-0.4, -0.2) is 50.6 Å². The molecule has 2 heterocycles. The van der Waals surface area contributed by atoms with E-state index in [1.807, 2.05) is 35.2 Å². The fraction of sp³-hybridized carbons (Fsp3) is 0.278. The number of anilines is 1. The van der Waals surface area contributed by atoms with Gasteiger partial charge in [0.1, 0.15) is 29.6 Å². The molecule has 2 atom stereocenters. The zero-order valence-corrected chi connectivity index (χ0v) is 14.2. The molecule has 1 fully saturated rings. The maximum atomic E-state index is 13.3. The van der Waals surface area contributed by atoms with E-state index in [9.17, 15) is 13.9 Å². The average Bonchev–Trinajstić information content (AvgIpc) is 3.13. The molecule has 0 saturated carbocycles. The molecule has 0 unspecified atom stereocenters. The number of nitrogens with zero attached hydrogens (tertiary/aromatic N) is 5. The van der Waals surface area contributed by atoms with Gasteiger partial charge in [-0.1, -0.05) is 23.3 Å². The number of benzene rings is 2. The molecule has 9 heteroatoms. The van der Waals surface area contributed by atoms with Crippen LogP contribution in [0.5, 0.6) is 5.75 Å². The first-order valence-electron chi connectivity index (χ1n) is 8.50. The molecule has 4 rings (SSSR count). The molecule has 0 amide bonds. The molecule has 3 aromatic rings. The van der Waals surface area contributed by atoms with Crippen molar-refractivity contribution in [3.63, 3.8) is 0 Å². The topological polar surface area (TPSA) is 76.3 Å². The fourth-order valence-corrected chi connectivity index (χ4v) is 3.12. The summed E-state index contributed by atoms with van der Waals surface area (Å²) in [5.41, 5.74) is 0.806. The Bertz CT molecular complexity index is 901. The predicted molar refractivity (Wildman–Crippen MR) is 92.8 cm³/mol. The Morgan fingerprint density at radius 3 is 2.52 bits per heavy atom. The number of para-hydroxylation sites is 1. The third-order valence-electron chi connectivity index (χ3n) is 4.38. The minimum absolute atomic E-state index is 0.0547. The number of tetrazole rings is 1. The highest BCUT2D eigenvalue weighted by Gasteiger charge is 2.32. The van der Waals surface area contributed by atoms with Gasteiger partial charge in [-0.3, -0.25) is 0 Å². The quantitative estimate of drug-likeness (QED) is 0.754. The number of β-amino-alcohol motifs (C(OH)–C–C–N with tert-alkyl or cyclic N) is 1. The smallest absolute Gasteiger partial charge is 0.250 e. The van der Waals surface area contributed by atoms with E-state index in [2.05, 4.69) is 15.5 Å². The van der Waals surface area contributed by atoms with Crippen LogP contribution in [0, 0.1) is 11.6 Å². The van der Waals surface area contributed by atoms with Crippen molar-refractivity contribution in [2.24, 2.45) is 0 Å². The molecule has 1 N–H and O–H groups in total. The summed E-state index contributed by atoms with van der Waals surface area (Å²) in [6.45, 7) is 0.752. The van der Waals surface area contributed by atoms with Gasteiger partial charge >= 0.3 is 0 Å². The van der Waals surface area contributed by atoms with Gasteiger partial charge in [0.15, 0.2) is 0 Å². The van der Waals surface area contributed by atoms with Crippen LogP contribution >= 0.6 is 0 Å². The first kappa shape index (κ1) is 17.3. The molecule has 0 spiro atoms. The van der Waals surface area contributed by atoms with E-state index >= 15 is 0 Å². The highest BCUT2D eigenvalue weighted by atomic mass is 19.1. The average molecular weight is 373 g/mol. The summed E-state index contributed by atoms with van der Waals surface area (Å²) in [5.74, 6) is -0.882. The van der Waals surface area contributed by atoms with Gasteiger partial charge < -0.3 is 14.7 Å². The predicted octanol–water partition coefficient (Wildman–Crippen LogP) is 1.96. The summed E-state index contributed by atoms with van der Waals surface area (Å²) in [7, 11) is 0. The van der Waals surface area contributed by atoms with E-state index in [1.165, 1.54) is 0 Å². The van der Waals surface area contributed by atoms with Crippen LogP contribution in [0.2, 0.25) is 0 Å². The van der Waals surface area contributed by atoms with Gasteiger partial charge in [-0.05, 0) is 22.6 Å². The number of hydrogen-bond acceptors (Lipinski definition) is 6. The molecule has 27 heavy (non-hydrogen) atoms. The normalized spacial score (nSPS) is 19.9. The molecular formula is C18H17F2N5O2. The summed E-state index contributed by atoms with van der Waals surface area (Å²) in [6, 6.07) is 12.4. The number of piperidine rings is 1. The first-order valence-corrected chi connectivity index (χ1v) is 8.50. The van der Waals surface area contributed by atoms with Crippen LogP contribution in [0.3, 0.4) is 0 Å². The van der Waals surface area contributed by atoms with E-state index in [-0.39, 0.29) is 12.3 Å². The van der Waals surface area contributed by atoms with Crippen LogP contribution in [0.15, 0.2) is 48.5 Å². The van der Waals surface area contributed by atoms with E-state index in [0.29, 0.717) is 18.9 Å². The Hall–Kier alpha value is -3.07. The van der Waals surface area contributed by atoms with Crippen molar-refractivity contribution in [3.05, 3.63) is 60.2 Å². The zero-order chi connectivity index (χ0) is 18.8. The Kier molecular flexibility index (Phi) is 4.68. The van der Waals surface area contributed by atoms with Gasteiger partial charge in [0.05, 0.1) is 12.2 Å². The summed E-state index contributed by atoms with van der Waals surface area (Å²) in [5, 5.41) is 22.3. The summed E-state index contributed by atoms with van der Waals surface area (Å²) in [6.07, 6.45) is -1.00. The Balaban J connectivity index is 1.47. The lowest BCUT2D eigenvalue weighted by molar-refractivity contribution is 0.0234. The van der Waals surface area contributed by atoms with Gasteiger partial charge in [0.25, 0.3) is 0 Å². The lowest BCUT2D eigenvalue weighted by atomic mass is 10.1. The van der Waals surface area contributed by atoms with Crippen molar-refractivity contribution in [2.75, 3.05) is 18.0 Å². The molecular weight excluding hydrogens is 356 g/mol. The molecule has 1 aliphatic rings. The summed E-state index contributed by atoms with van der Waals surface area (Å²) in [4.78, 5) is 1.85. The second kappa shape index (κ2) is 7.28. The summed E-state index contributed by atoms with van der Waals surface area (Å²) < 4.78 is 33.8. The van der Waals surface area contributed by atoms with E-state index < -0.39 is 23.8 Å². The highest BCUT2D eigenvalue weighted by molar-refractivity contribution is 5.41. The van der Waals surface area contributed by atoms with Crippen LogP contribution in [0.1, 0.15) is 6.42 Å². The van der Waals surface area contributed by atoms with Gasteiger partial charge in [0, 0.05) is 31.2 Å². The first-order chi connectivity index (χ1) is 13.1. The Labute approximate surface area is 153 Å². The van der Waals surface area contributed by atoms with Crippen molar-refractivity contribution in [3.8, 4) is 11.4 Å². The molecule has 0 bridgehead atoms. The van der Waals surface area contributed by atoms with Crippen molar-refractivity contribution < 1.29 is 18.6 Å². The SMILES string of the molecule is O[C@@H]1CN(c2nnnn2-c2ccccc2)CC[C@H]1Oc1cc(F)cc(F)c1. The zero-order valence-electron chi connectivity index (χ0n) is 14.2. The Morgan fingerprint density at radius 1 is 1.07 bits per heavy atom. The van der Waals surface area contributed by atoms with Gasteiger partial charge in [-0.2, -0.15) is 4.68 Å². The number of aliphatic hydroxyl groups is 1. The maximum Gasteiger partial charge on any atom is 0.250 e. The second-order valence-electron chi connectivity index (χ2n) is 6.29. The van der Waals surface area contributed by atoms with E-state index in [0.717, 1.165) is 23.9 Å². The number of aromatic nitrogens is 4. The standard InChI is InChI=1S/C18H17F2N5O2/c19-12-8-13(20)10-15(9-12)27-17-6-7-24(11-16(17)26)18-21-22-23-25(18)14-4-2-1-3-5-14/h1-5,8-10,16-17,26H,6-7,11H2/t16-,17-/m1/s1. The minimum atomic E-state index is -0.869. The number of halogens is 2. The van der Waals surface area contributed by atoms with Crippen LogP contribution < -0.4 is 9.64 Å². The van der Waals surface area contributed by atoms with Gasteiger partial charge in [-0.15, -0.1) is 0 Å². The number of rotatable bonds is 4. The van der Waals surface area contributed by atoms with Gasteiger partial charge in [0.2, 0.25) is 5.95 Å². The minimum Gasteiger partial charge on any atom is -0.487 e. The molecule has 7 nitrogen and oxygen atoms in total.